The average molecular weight is 286 g/mol. The first-order chi connectivity index (χ1) is 9.86. The highest BCUT2D eigenvalue weighted by Crippen LogP contribution is 2.33. The fraction of sp³-hybridized carbons (Fsp3) is 0.471. The highest BCUT2D eigenvalue weighted by molar-refractivity contribution is 7.11. The zero-order valence-corrected chi connectivity index (χ0v) is 12.9. The molecule has 2 nitrogen and oxygen atoms in total. The Labute approximate surface area is 125 Å². The molecule has 1 heterocycles. The zero-order chi connectivity index (χ0) is 13.8. The third-order valence-electron chi connectivity index (χ3n) is 3.92. The first kappa shape index (κ1) is 13.8. The maximum atomic E-state index is 4.92. The number of nitrogens with one attached hydrogen (secondary N) is 1. The molecule has 20 heavy (non-hydrogen) atoms. The van der Waals surface area contributed by atoms with Crippen LogP contribution in [0.1, 0.15) is 46.9 Å². The number of hydrogen-bond acceptors (Lipinski definition) is 3. The lowest BCUT2D eigenvalue weighted by molar-refractivity contribution is 0.464. The Morgan fingerprint density at radius 1 is 1.25 bits per heavy atom. The lowest BCUT2D eigenvalue weighted by atomic mass is 9.98. The van der Waals surface area contributed by atoms with E-state index in [9.17, 15) is 0 Å². The number of aromatic nitrogens is 1. The Balaban J connectivity index is 1.69. The van der Waals surface area contributed by atoms with Crippen LogP contribution in [0.2, 0.25) is 0 Å². The van der Waals surface area contributed by atoms with Crippen molar-refractivity contribution < 1.29 is 0 Å². The number of rotatable bonds is 5. The minimum Gasteiger partial charge on any atom is -0.309 e. The quantitative estimate of drug-likeness (QED) is 0.901. The molecule has 0 amide bonds. The smallest absolute Gasteiger partial charge is 0.0935 e. The van der Waals surface area contributed by atoms with E-state index in [1.165, 1.54) is 40.4 Å². The lowest BCUT2D eigenvalue weighted by Crippen LogP contribution is -2.24. The largest absolute Gasteiger partial charge is 0.309 e. The number of thiazole rings is 1. The van der Waals surface area contributed by atoms with Gasteiger partial charge in [0.25, 0.3) is 0 Å². The maximum Gasteiger partial charge on any atom is 0.0935 e. The molecule has 1 aliphatic carbocycles. The first-order valence-corrected chi connectivity index (χ1v) is 8.44. The van der Waals surface area contributed by atoms with E-state index >= 15 is 0 Å². The summed E-state index contributed by atoms with van der Waals surface area (Å²) < 4.78 is 0. The summed E-state index contributed by atoms with van der Waals surface area (Å²) in [5.74, 6) is 0. The number of hydrogen-bond donors (Lipinski definition) is 1. The highest BCUT2D eigenvalue weighted by Gasteiger charge is 2.23. The van der Waals surface area contributed by atoms with Gasteiger partial charge in [-0.15, -0.1) is 11.3 Å². The molecular formula is C17H22N2S. The minimum atomic E-state index is 0.491. The molecule has 0 saturated heterocycles. The zero-order valence-electron chi connectivity index (χ0n) is 12.1. The number of aryl methyl sites for hydroxylation is 3. The third kappa shape index (κ3) is 3.10. The molecule has 0 bridgehead atoms. The molecule has 1 aliphatic rings. The van der Waals surface area contributed by atoms with Crippen LogP contribution < -0.4 is 5.32 Å². The Bertz CT molecular complexity index is 547. The fourth-order valence-electron chi connectivity index (χ4n) is 2.92. The predicted octanol–water partition coefficient (Wildman–Crippen LogP) is 3.92. The molecule has 106 valence electrons. The summed E-state index contributed by atoms with van der Waals surface area (Å²) in [5, 5.41) is 4.88. The second-order valence-corrected chi connectivity index (χ2v) is 6.57. The van der Waals surface area contributed by atoms with Gasteiger partial charge in [0, 0.05) is 11.3 Å². The molecule has 1 atom stereocenters. The maximum absolute atomic E-state index is 4.92. The van der Waals surface area contributed by atoms with Crippen LogP contribution in [0.25, 0.3) is 0 Å². The Morgan fingerprint density at radius 3 is 2.90 bits per heavy atom. The second kappa shape index (κ2) is 6.51. The second-order valence-electron chi connectivity index (χ2n) is 5.40. The summed E-state index contributed by atoms with van der Waals surface area (Å²) in [5.41, 5.74) is 2.75. The normalized spacial score (nSPS) is 17.9. The molecule has 0 saturated carbocycles. The van der Waals surface area contributed by atoms with Crippen molar-refractivity contribution in [1.29, 1.82) is 0 Å². The van der Waals surface area contributed by atoms with Gasteiger partial charge < -0.3 is 5.32 Å². The van der Waals surface area contributed by atoms with Crippen molar-refractivity contribution in [2.75, 3.05) is 6.54 Å². The van der Waals surface area contributed by atoms with Gasteiger partial charge in [-0.3, -0.25) is 0 Å². The van der Waals surface area contributed by atoms with E-state index in [1.54, 1.807) is 0 Å². The lowest BCUT2D eigenvalue weighted by Gasteiger charge is -2.21. The van der Waals surface area contributed by atoms with E-state index in [0.29, 0.717) is 6.04 Å². The SMILES string of the molecule is CCNC1CCCc2sc(CCc3ccccc3)nc21. The molecule has 0 radical (unpaired) electrons. The minimum absolute atomic E-state index is 0.491. The van der Waals surface area contributed by atoms with Gasteiger partial charge in [-0.1, -0.05) is 37.3 Å². The van der Waals surface area contributed by atoms with Crippen LogP contribution in [0.5, 0.6) is 0 Å². The molecule has 1 unspecified atom stereocenters. The average Bonchev–Trinajstić information content (AvgIpc) is 2.91. The van der Waals surface area contributed by atoms with Gasteiger partial charge in [-0.2, -0.15) is 0 Å². The summed E-state index contributed by atoms with van der Waals surface area (Å²) in [7, 11) is 0. The standard InChI is InChI=1S/C17H22N2S/c1-2-18-14-9-6-10-15-17(14)19-16(20-15)12-11-13-7-4-3-5-8-13/h3-5,7-8,14,18H,2,6,9-12H2,1H3. The Hall–Kier alpha value is -1.19. The van der Waals surface area contributed by atoms with E-state index in [4.69, 9.17) is 4.98 Å². The number of fused-ring (bicyclic) bond motifs is 1. The van der Waals surface area contributed by atoms with Gasteiger partial charge in [0.1, 0.15) is 0 Å². The van der Waals surface area contributed by atoms with Gasteiger partial charge in [0.05, 0.1) is 16.7 Å². The van der Waals surface area contributed by atoms with Crippen LogP contribution >= 0.6 is 11.3 Å². The van der Waals surface area contributed by atoms with Gasteiger partial charge in [0.2, 0.25) is 0 Å². The van der Waals surface area contributed by atoms with Crippen molar-refractivity contribution in [3.8, 4) is 0 Å². The molecular weight excluding hydrogens is 264 g/mol. The third-order valence-corrected chi connectivity index (χ3v) is 5.11. The van der Waals surface area contributed by atoms with E-state index in [0.717, 1.165) is 19.4 Å². The fourth-order valence-corrected chi connectivity index (χ4v) is 4.09. The van der Waals surface area contributed by atoms with Gasteiger partial charge in [-0.05, 0) is 37.8 Å². The summed E-state index contributed by atoms with van der Waals surface area (Å²) in [6.07, 6.45) is 5.92. The van der Waals surface area contributed by atoms with Crippen molar-refractivity contribution in [2.45, 2.75) is 45.1 Å². The molecule has 3 rings (SSSR count). The summed E-state index contributed by atoms with van der Waals surface area (Å²) in [6.45, 7) is 3.21. The molecule has 0 aliphatic heterocycles. The van der Waals surface area contributed by atoms with E-state index in [2.05, 4.69) is 42.6 Å². The van der Waals surface area contributed by atoms with Crippen molar-refractivity contribution in [1.82, 2.24) is 10.3 Å². The van der Waals surface area contributed by atoms with Gasteiger partial charge >= 0.3 is 0 Å². The summed E-state index contributed by atoms with van der Waals surface area (Å²) in [6, 6.07) is 11.2. The predicted molar refractivity (Wildman–Crippen MR) is 85.3 cm³/mol. The summed E-state index contributed by atoms with van der Waals surface area (Å²) >= 11 is 1.93. The molecule has 0 spiro atoms. The molecule has 1 N–H and O–H groups in total. The van der Waals surface area contributed by atoms with Crippen LogP contribution in [0.15, 0.2) is 30.3 Å². The highest BCUT2D eigenvalue weighted by atomic mass is 32.1. The summed E-state index contributed by atoms with van der Waals surface area (Å²) in [4.78, 5) is 6.44. The molecule has 3 heteroatoms. The molecule has 2 aromatic rings. The Morgan fingerprint density at radius 2 is 2.10 bits per heavy atom. The van der Waals surface area contributed by atoms with Crippen LogP contribution in [0, 0.1) is 0 Å². The monoisotopic (exact) mass is 286 g/mol. The number of benzene rings is 1. The Kier molecular flexibility index (Phi) is 4.48. The van der Waals surface area contributed by atoms with Crippen LogP contribution in [-0.2, 0) is 19.3 Å². The van der Waals surface area contributed by atoms with E-state index in [1.807, 2.05) is 11.3 Å². The topological polar surface area (TPSA) is 24.9 Å². The van der Waals surface area contributed by atoms with E-state index < -0.39 is 0 Å². The van der Waals surface area contributed by atoms with Crippen LogP contribution in [0.3, 0.4) is 0 Å². The molecule has 0 fully saturated rings. The molecule has 1 aromatic carbocycles. The first-order valence-electron chi connectivity index (χ1n) is 7.62. The van der Waals surface area contributed by atoms with Crippen molar-refractivity contribution >= 4 is 11.3 Å². The van der Waals surface area contributed by atoms with Crippen molar-refractivity contribution in [3.05, 3.63) is 51.5 Å². The van der Waals surface area contributed by atoms with Gasteiger partial charge in [-0.25, -0.2) is 4.98 Å². The number of nitrogens with zero attached hydrogens (tertiary/aromatic N) is 1. The van der Waals surface area contributed by atoms with E-state index in [-0.39, 0.29) is 0 Å². The van der Waals surface area contributed by atoms with Gasteiger partial charge in [0.15, 0.2) is 0 Å². The molecule has 1 aromatic heterocycles. The van der Waals surface area contributed by atoms with Crippen LogP contribution in [-0.4, -0.2) is 11.5 Å². The van der Waals surface area contributed by atoms with Crippen LogP contribution in [0.4, 0.5) is 0 Å². The van der Waals surface area contributed by atoms with Crippen molar-refractivity contribution in [2.24, 2.45) is 0 Å². The van der Waals surface area contributed by atoms with Crippen molar-refractivity contribution in [3.63, 3.8) is 0 Å².